The Morgan fingerprint density at radius 1 is 1.00 bits per heavy atom. The van der Waals surface area contributed by atoms with Gasteiger partial charge in [0.1, 0.15) is 11.4 Å². The molecule has 0 radical (unpaired) electrons. The number of nitrogens with two attached hydrogens (primary N) is 2. The van der Waals surface area contributed by atoms with Crippen LogP contribution < -0.4 is 26.0 Å². The molecule has 0 bridgehead atoms. The zero-order chi connectivity index (χ0) is 18.9. The summed E-state index contributed by atoms with van der Waals surface area (Å²) in [4.78, 5) is 13.5. The molecule has 146 valence electrons. The average Bonchev–Trinajstić information content (AvgIpc) is 2.68. The van der Waals surface area contributed by atoms with Crippen molar-refractivity contribution in [1.82, 2.24) is 0 Å². The number of anilines is 2. The fourth-order valence-corrected chi connectivity index (χ4v) is 4.70. The normalized spacial score (nSPS) is 22.4. The molecular weight excluding hydrogens is 340 g/mol. The molecule has 7 heteroatoms. The number of hydrogen-bond acceptors (Lipinski definition) is 7. The van der Waals surface area contributed by atoms with Gasteiger partial charge in [-0.2, -0.15) is 4.99 Å². The molecule has 0 unspecified atom stereocenters. The number of guanidine groups is 2. The van der Waals surface area contributed by atoms with E-state index in [1.54, 1.807) is 7.11 Å². The van der Waals surface area contributed by atoms with E-state index < -0.39 is 5.66 Å². The van der Waals surface area contributed by atoms with Crippen molar-refractivity contribution in [3.8, 4) is 5.75 Å². The Kier molecular flexibility index (Phi) is 4.85. The van der Waals surface area contributed by atoms with Gasteiger partial charge in [-0.25, -0.2) is 4.99 Å². The van der Waals surface area contributed by atoms with Crippen molar-refractivity contribution in [1.29, 1.82) is 0 Å². The molecule has 1 aromatic carbocycles. The van der Waals surface area contributed by atoms with Gasteiger partial charge < -0.3 is 21.1 Å². The predicted molar refractivity (Wildman–Crippen MR) is 111 cm³/mol. The minimum absolute atomic E-state index is 0.280. The number of rotatable bonds is 3. The lowest BCUT2D eigenvalue weighted by atomic mass is 9.87. The number of methoxy groups -OCH3 is 1. The summed E-state index contributed by atoms with van der Waals surface area (Å²) >= 11 is 0. The Bertz CT molecular complexity index is 747. The lowest BCUT2D eigenvalue weighted by molar-refractivity contribution is 0.305. The van der Waals surface area contributed by atoms with Crippen LogP contribution in [-0.2, 0) is 0 Å². The fourth-order valence-electron chi connectivity index (χ4n) is 4.70. The molecule has 2 heterocycles. The van der Waals surface area contributed by atoms with Crippen LogP contribution in [0, 0.1) is 0 Å². The topological polar surface area (TPSA) is 92.5 Å². The van der Waals surface area contributed by atoms with Crippen LogP contribution in [0.15, 0.2) is 28.2 Å². The third-order valence-electron chi connectivity index (χ3n) is 5.97. The van der Waals surface area contributed by atoms with Gasteiger partial charge in [0.15, 0.2) is 0 Å². The molecule has 1 saturated heterocycles. The highest BCUT2D eigenvalue weighted by Gasteiger charge is 2.42. The average molecular weight is 371 g/mol. The summed E-state index contributed by atoms with van der Waals surface area (Å²) in [6.07, 6.45) is 9.08. The second-order valence-corrected chi connectivity index (χ2v) is 7.72. The van der Waals surface area contributed by atoms with Gasteiger partial charge in [0.05, 0.1) is 18.5 Å². The Hall–Kier alpha value is -2.44. The second kappa shape index (κ2) is 7.29. The van der Waals surface area contributed by atoms with Gasteiger partial charge in [0.2, 0.25) is 11.9 Å². The van der Waals surface area contributed by atoms with Gasteiger partial charge in [0.25, 0.3) is 0 Å². The summed E-state index contributed by atoms with van der Waals surface area (Å²) in [5.74, 6) is 1.57. The maximum atomic E-state index is 6.34. The van der Waals surface area contributed by atoms with Crippen LogP contribution in [0.4, 0.5) is 11.4 Å². The van der Waals surface area contributed by atoms with E-state index in [4.69, 9.17) is 21.2 Å². The Morgan fingerprint density at radius 2 is 1.70 bits per heavy atom. The van der Waals surface area contributed by atoms with Crippen LogP contribution in [0.3, 0.4) is 0 Å². The SMILES string of the molecule is COc1cc(N2C(N)=NC(N)=NC23CCCCC3)ccc1N1CCCCC1. The number of hydrogen-bond donors (Lipinski definition) is 2. The minimum atomic E-state index is -0.425. The third-order valence-corrected chi connectivity index (χ3v) is 5.97. The Morgan fingerprint density at radius 3 is 2.41 bits per heavy atom. The molecule has 3 aliphatic rings. The molecule has 0 atom stereocenters. The second-order valence-electron chi connectivity index (χ2n) is 7.72. The first-order chi connectivity index (χ1) is 13.1. The van der Waals surface area contributed by atoms with Gasteiger partial charge in [-0.3, -0.25) is 4.90 Å². The summed E-state index contributed by atoms with van der Waals surface area (Å²) in [5, 5.41) is 0. The lowest BCUT2D eigenvalue weighted by Crippen LogP contribution is -2.58. The summed E-state index contributed by atoms with van der Waals surface area (Å²) in [6.45, 7) is 2.15. The van der Waals surface area contributed by atoms with E-state index in [0.717, 1.165) is 55.9 Å². The summed E-state index contributed by atoms with van der Waals surface area (Å²) in [6, 6.07) is 6.33. The first-order valence-electron chi connectivity index (χ1n) is 10.1. The Balaban J connectivity index is 1.71. The predicted octanol–water partition coefficient (Wildman–Crippen LogP) is 2.80. The minimum Gasteiger partial charge on any atom is -0.495 e. The molecule has 2 fully saturated rings. The molecular formula is C20H30N6O. The van der Waals surface area contributed by atoms with Gasteiger partial charge in [-0.1, -0.05) is 6.42 Å². The maximum absolute atomic E-state index is 6.34. The molecule has 2 aliphatic heterocycles. The standard InChI is InChI=1S/C20H30N6O/c1-27-17-14-15(8-9-16(17)25-12-6-3-7-13-25)26-19(22)23-18(21)24-20(26)10-4-2-5-11-20/h8-9,14H,2-7,10-13H2,1H3,(H4,21,22,23,24). The number of benzene rings is 1. The van der Waals surface area contributed by atoms with Crippen molar-refractivity contribution in [2.75, 3.05) is 30.0 Å². The summed E-state index contributed by atoms with van der Waals surface area (Å²) in [7, 11) is 1.73. The zero-order valence-corrected chi connectivity index (χ0v) is 16.2. The highest BCUT2D eigenvalue weighted by molar-refractivity contribution is 6.05. The number of piperidine rings is 1. The quantitative estimate of drug-likeness (QED) is 0.853. The van der Waals surface area contributed by atoms with Crippen LogP contribution in [0.2, 0.25) is 0 Å². The highest BCUT2D eigenvalue weighted by Crippen LogP contribution is 2.42. The van der Waals surface area contributed by atoms with Crippen LogP contribution in [-0.4, -0.2) is 37.8 Å². The highest BCUT2D eigenvalue weighted by atomic mass is 16.5. The molecule has 0 amide bonds. The molecule has 27 heavy (non-hydrogen) atoms. The zero-order valence-electron chi connectivity index (χ0n) is 16.2. The Labute approximate surface area is 161 Å². The summed E-state index contributed by atoms with van der Waals surface area (Å²) < 4.78 is 5.75. The van der Waals surface area contributed by atoms with Crippen molar-refractivity contribution >= 4 is 23.3 Å². The maximum Gasteiger partial charge on any atom is 0.220 e. The number of ether oxygens (including phenoxy) is 1. The smallest absolute Gasteiger partial charge is 0.220 e. The molecule has 0 aromatic heterocycles. The van der Waals surface area contributed by atoms with Crippen molar-refractivity contribution in [2.45, 2.75) is 57.0 Å². The summed E-state index contributed by atoms with van der Waals surface area (Å²) in [5.41, 5.74) is 14.0. The van der Waals surface area contributed by atoms with Crippen molar-refractivity contribution in [2.24, 2.45) is 21.5 Å². The van der Waals surface area contributed by atoms with Crippen LogP contribution in [0.1, 0.15) is 51.4 Å². The van der Waals surface area contributed by atoms with Crippen LogP contribution in [0.25, 0.3) is 0 Å². The molecule has 1 saturated carbocycles. The molecule has 1 aromatic rings. The van der Waals surface area contributed by atoms with Crippen LogP contribution >= 0.6 is 0 Å². The van der Waals surface area contributed by atoms with E-state index in [0.29, 0.717) is 5.96 Å². The lowest BCUT2D eigenvalue weighted by Gasteiger charge is -2.45. The van der Waals surface area contributed by atoms with Crippen molar-refractivity contribution < 1.29 is 4.74 Å². The van der Waals surface area contributed by atoms with E-state index >= 15 is 0 Å². The third kappa shape index (κ3) is 3.31. The largest absolute Gasteiger partial charge is 0.495 e. The first kappa shape index (κ1) is 17.9. The van der Waals surface area contributed by atoms with E-state index in [-0.39, 0.29) is 5.96 Å². The molecule has 1 aliphatic carbocycles. The van der Waals surface area contributed by atoms with Gasteiger partial charge in [0, 0.05) is 19.2 Å². The van der Waals surface area contributed by atoms with Crippen LogP contribution in [0.5, 0.6) is 5.75 Å². The fraction of sp³-hybridized carbons (Fsp3) is 0.600. The first-order valence-corrected chi connectivity index (χ1v) is 10.1. The van der Waals surface area contributed by atoms with Crippen molar-refractivity contribution in [3.05, 3.63) is 18.2 Å². The van der Waals surface area contributed by atoms with E-state index in [2.05, 4.69) is 33.0 Å². The van der Waals surface area contributed by atoms with Crippen molar-refractivity contribution in [3.63, 3.8) is 0 Å². The van der Waals surface area contributed by atoms with Gasteiger partial charge >= 0.3 is 0 Å². The molecule has 1 spiro atoms. The van der Waals surface area contributed by atoms with E-state index in [9.17, 15) is 0 Å². The monoisotopic (exact) mass is 370 g/mol. The molecule has 7 nitrogen and oxygen atoms in total. The van der Waals surface area contributed by atoms with E-state index in [1.807, 2.05) is 0 Å². The molecule has 4 N–H and O–H groups in total. The number of nitrogens with zero attached hydrogens (tertiary/aromatic N) is 4. The van der Waals surface area contributed by atoms with Gasteiger partial charge in [-0.05, 0) is 57.1 Å². The molecule has 4 rings (SSSR count). The van der Waals surface area contributed by atoms with Gasteiger partial charge in [-0.15, -0.1) is 0 Å². The number of aliphatic imine (C=N–C) groups is 2. The van der Waals surface area contributed by atoms with E-state index in [1.165, 1.54) is 25.7 Å².